The number of rotatable bonds is 5. The van der Waals surface area contributed by atoms with E-state index in [-0.39, 0.29) is 32.4 Å². The molecule has 10 heteroatoms. The number of benzene rings is 2. The number of hydrogen-bond donors (Lipinski definition) is 2. The van der Waals surface area contributed by atoms with Crippen molar-refractivity contribution in [2.45, 2.75) is 12.6 Å². The van der Waals surface area contributed by atoms with E-state index in [9.17, 15) is 14.4 Å². The molecule has 5 rings (SSSR count). The van der Waals surface area contributed by atoms with Crippen LogP contribution in [0.3, 0.4) is 0 Å². The number of nitrogens with zero attached hydrogens (tertiary/aromatic N) is 1. The number of fused-ring (bicyclic) bond motifs is 1. The topological polar surface area (TPSA) is 106 Å². The summed E-state index contributed by atoms with van der Waals surface area (Å²) in [7, 11) is 0. The van der Waals surface area contributed by atoms with Crippen molar-refractivity contribution in [2.24, 2.45) is 0 Å². The van der Waals surface area contributed by atoms with Gasteiger partial charge in [0.1, 0.15) is 13.2 Å². The van der Waals surface area contributed by atoms with E-state index in [1.54, 1.807) is 36.4 Å². The Bertz CT molecular complexity index is 1150. The lowest BCUT2D eigenvalue weighted by molar-refractivity contribution is -0.136. The Kier molecular flexibility index (Phi) is 5.10. The number of esters is 1. The first kappa shape index (κ1) is 20.2. The molecule has 0 aliphatic carbocycles. The van der Waals surface area contributed by atoms with Crippen LogP contribution in [0.2, 0.25) is 5.02 Å². The van der Waals surface area contributed by atoms with Crippen molar-refractivity contribution in [3.8, 4) is 11.5 Å². The van der Waals surface area contributed by atoms with Gasteiger partial charge in [0.15, 0.2) is 11.5 Å². The number of carbonyl (C=O) groups excluding carboxylic acids is 3. The average Bonchev–Trinajstić information content (AvgIpc) is 3.41. The van der Waals surface area contributed by atoms with Crippen LogP contribution in [0.1, 0.15) is 17.2 Å². The molecule has 3 amide bonds. The van der Waals surface area contributed by atoms with Crippen LogP contribution in [0.25, 0.3) is 0 Å². The molecular weight excluding hydrogens is 438 g/mol. The second-order valence-electron chi connectivity index (χ2n) is 7.42. The van der Waals surface area contributed by atoms with Crippen molar-refractivity contribution in [3.63, 3.8) is 0 Å². The summed E-state index contributed by atoms with van der Waals surface area (Å²) in [5, 5.41) is 6.11. The third-order valence-corrected chi connectivity index (χ3v) is 5.68. The van der Waals surface area contributed by atoms with E-state index in [1.807, 2.05) is 6.07 Å². The Labute approximate surface area is 187 Å². The smallest absolute Gasteiger partial charge is 0.338 e. The largest absolute Gasteiger partial charge is 0.456 e. The number of amides is 3. The van der Waals surface area contributed by atoms with Gasteiger partial charge in [-0.15, -0.1) is 0 Å². The molecule has 0 radical (unpaired) electrons. The van der Waals surface area contributed by atoms with Crippen LogP contribution < -0.4 is 20.1 Å². The van der Waals surface area contributed by atoms with Gasteiger partial charge in [-0.3, -0.25) is 9.69 Å². The normalized spacial score (nSPS) is 18.9. The molecule has 0 bridgehead atoms. The van der Waals surface area contributed by atoms with Gasteiger partial charge in [-0.05, 0) is 35.4 Å². The van der Waals surface area contributed by atoms with Crippen molar-refractivity contribution in [3.05, 3.63) is 69.9 Å². The fraction of sp³-hybridized carbons (Fsp3) is 0.227. The number of nitrogens with one attached hydrogen (secondary N) is 2. The van der Waals surface area contributed by atoms with Crippen LogP contribution in [-0.4, -0.2) is 42.8 Å². The summed E-state index contributed by atoms with van der Waals surface area (Å²) < 4.78 is 15.8. The van der Waals surface area contributed by atoms with Crippen LogP contribution in [0.15, 0.2) is 53.7 Å². The molecule has 0 fully saturated rings. The van der Waals surface area contributed by atoms with Gasteiger partial charge in [0, 0.05) is 11.6 Å². The monoisotopic (exact) mass is 455 g/mol. The predicted octanol–water partition coefficient (Wildman–Crippen LogP) is 2.26. The average molecular weight is 456 g/mol. The molecule has 32 heavy (non-hydrogen) atoms. The summed E-state index contributed by atoms with van der Waals surface area (Å²) in [5.74, 6) is 0.377. The second-order valence-corrected chi connectivity index (χ2v) is 7.86. The Morgan fingerprint density at radius 1 is 1.09 bits per heavy atom. The maximum atomic E-state index is 12.8. The Morgan fingerprint density at radius 2 is 1.88 bits per heavy atom. The van der Waals surface area contributed by atoms with Gasteiger partial charge in [-0.1, -0.05) is 29.8 Å². The SMILES string of the molecule is O=C(CN1C(=O)N[C@@H](c2ccc(Cl)cc2)C2=C1COC2=O)NCc1ccc2c(c1)OCO2. The van der Waals surface area contributed by atoms with Crippen molar-refractivity contribution in [1.29, 1.82) is 0 Å². The molecule has 0 spiro atoms. The quantitative estimate of drug-likeness (QED) is 0.670. The van der Waals surface area contributed by atoms with Crippen LogP contribution in [0.5, 0.6) is 11.5 Å². The zero-order chi connectivity index (χ0) is 22.2. The number of hydrogen-bond acceptors (Lipinski definition) is 6. The van der Waals surface area contributed by atoms with E-state index >= 15 is 0 Å². The number of halogens is 1. The Morgan fingerprint density at radius 3 is 2.69 bits per heavy atom. The van der Waals surface area contributed by atoms with Crippen LogP contribution >= 0.6 is 11.6 Å². The minimum atomic E-state index is -0.669. The lowest BCUT2D eigenvalue weighted by atomic mass is 9.96. The maximum Gasteiger partial charge on any atom is 0.338 e. The first-order chi connectivity index (χ1) is 15.5. The maximum absolute atomic E-state index is 12.8. The summed E-state index contributed by atoms with van der Waals surface area (Å²) >= 11 is 5.94. The van der Waals surface area contributed by atoms with Gasteiger partial charge < -0.3 is 24.8 Å². The third-order valence-electron chi connectivity index (χ3n) is 5.43. The van der Waals surface area contributed by atoms with Crippen molar-refractivity contribution in [1.82, 2.24) is 15.5 Å². The zero-order valence-corrected chi connectivity index (χ0v) is 17.5. The molecular formula is C22H18ClN3O6. The minimum absolute atomic E-state index is 0.0683. The standard InChI is InChI=1S/C22H18ClN3O6/c23-14-4-2-13(3-5-14)20-19-15(10-30-21(19)28)26(22(29)25-20)9-18(27)24-8-12-1-6-16-17(7-12)32-11-31-16/h1-7,20H,8-11H2,(H,24,27)(H,25,29)/t20-/m0/s1. The molecule has 3 heterocycles. The first-order valence-electron chi connectivity index (χ1n) is 9.88. The highest BCUT2D eigenvalue weighted by atomic mass is 35.5. The van der Waals surface area contributed by atoms with Gasteiger partial charge in [-0.2, -0.15) is 0 Å². The van der Waals surface area contributed by atoms with Gasteiger partial charge >= 0.3 is 12.0 Å². The highest BCUT2D eigenvalue weighted by Gasteiger charge is 2.42. The number of carbonyl (C=O) groups is 3. The summed E-state index contributed by atoms with van der Waals surface area (Å²) in [6.07, 6.45) is 0. The van der Waals surface area contributed by atoms with E-state index in [0.29, 0.717) is 33.4 Å². The van der Waals surface area contributed by atoms with Gasteiger partial charge in [0.2, 0.25) is 12.7 Å². The molecule has 9 nitrogen and oxygen atoms in total. The summed E-state index contributed by atoms with van der Waals surface area (Å²) in [4.78, 5) is 39.0. The molecule has 2 aromatic rings. The number of urea groups is 1. The van der Waals surface area contributed by atoms with E-state index < -0.39 is 18.0 Å². The zero-order valence-electron chi connectivity index (χ0n) is 16.7. The van der Waals surface area contributed by atoms with Crippen LogP contribution in [-0.2, 0) is 20.9 Å². The van der Waals surface area contributed by atoms with Gasteiger partial charge in [0.05, 0.1) is 17.3 Å². The molecule has 1 atom stereocenters. The van der Waals surface area contributed by atoms with Crippen molar-refractivity contribution >= 4 is 29.5 Å². The minimum Gasteiger partial charge on any atom is -0.456 e. The molecule has 0 aromatic heterocycles. The lowest BCUT2D eigenvalue weighted by Crippen LogP contribution is -2.50. The summed E-state index contributed by atoms with van der Waals surface area (Å²) in [6, 6.07) is 11.1. The third kappa shape index (κ3) is 3.71. The molecule has 3 aliphatic rings. The van der Waals surface area contributed by atoms with E-state index in [1.165, 1.54) is 4.90 Å². The molecule has 164 valence electrons. The van der Waals surface area contributed by atoms with Gasteiger partial charge in [-0.25, -0.2) is 9.59 Å². The Hall–Kier alpha value is -3.72. The summed E-state index contributed by atoms with van der Waals surface area (Å²) in [5.41, 5.74) is 2.22. The van der Waals surface area contributed by atoms with Crippen LogP contribution in [0, 0.1) is 0 Å². The second kappa shape index (κ2) is 8.08. The number of ether oxygens (including phenoxy) is 3. The van der Waals surface area contributed by atoms with E-state index in [2.05, 4.69) is 10.6 Å². The van der Waals surface area contributed by atoms with E-state index in [0.717, 1.165) is 5.56 Å². The van der Waals surface area contributed by atoms with Crippen LogP contribution in [0.4, 0.5) is 4.79 Å². The highest BCUT2D eigenvalue weighted by Crippen LogP contribution is 2.35. The molecule has 2 N–H and O–H groups in total. The molecule has 0 unspecified atom stereocenters. The van der Waals surface area contributed by atoms with E-state index in [4.69, 9.17) is 25.8 Å². The van der Waals surface area contributed by atoms with Crippen molar-refractivity contribution in [2.75, 3.05) is 19.9 Å². The Balaban J connectivity index is 1.30. The fourth-order valence-corrected chi connectivity index (χ4v) is 3.96. The van der Waals surface area contributed by atoms with Gasteiger partial charge in [0.25, 0.3) is 0 Å². The molecule has 3 aliphatic heterocycles. The molecule has 2 aromatic carbocycles. The highest BCUT2D eigenvalue weighted by molar-refractivity contribution is 6.30. The summed E-state index contributed by atoms with van der Waals surface area (Å²) in [6.45, 7) is 0.102. The molecule has 0 saturated carbocycles. The molecule has 0 saturated heterocycles. The predicted molar refractivity (Wildman–Crippen MR) is 112 cm³/mol. The fourth-order valence-electron chi connectivity index (χ4n) is 3.83. The number of cyclic esters (lactones) is 1. The lowest BCUT2D eigenvalue weighted by Gasteiger charge is -2.32. The first-order valence-corrected chi connectivity index (χ1v) is 10.3. The van der Waals surface area contributed by atoms with Crippen molar-refractivity contribution < 1.29 is 28.6 Å².